The van der Waals surface area contributed by atoms with Gasteiger partial charge in [-0.05, 0) is 38.2 Å². The van der Waals surface area contributed by atoms with Crippen molar-refractivity contribution in [3.63, 3.8) is 0 Å². The number of rotatable bonds is 3. The van der Waals surface area contributed by atoms with Crippen LogP contribution >= 0.6 is 0 Å². The van der Waals surface area contributed by atoms with Crippen molar-refractivity contribution in [3.8, 4) is 5.75 Å². The van der Waals surface area contributed by atoms with Gasteiger partial charge in [0.1, 0.15) is 5.75 Å². The van der Waals surface area contributed by atoms with Crippen LogP contribution in [0.4, 0.5) is 0 Å². The predicted octanol–water partition coefficient (Wildman–Crippen LogP) is 1.42. The second-order valence-corrected chi connectivity index (χ2v) is 5.08. The minimum absolute atomic E-state index is 0.0975. The number of hydrogen-bond donors (Lipinski definition) is 2. The lowest BCUT2D eigenvalue weighted by Gasteiger charge is -2.27. The van der Waals surface area contributed by atoms with E-state index >= 15 is 0 Å². The van der Waals surface area contributed by atoms with Gasteiger partial charge in [0.25, 0.3) is 0 Å². The van der Waals surface area contributed by atoms with Gasteiger partial charge in [0, 0.05) is 25.2 Å². The molecule has 0 aromatic heterocycles. The fourth-order valence-corrected chi connectivity index (χ4v) is 2.39. The van der Waals surface area contributed by atoms with Crippen molar-refractivity contribution in [2.24, 2.45) is 0 Å². The largest absolute Gasteiger partial charge is 0.508 e. The molecule has 100 valence electrons. The SMILES string of the molecule is Cc1c(C2CNCCO2)ccc(O)c1CN(C)C. The Morgan fingerprint density at radius 3 is 2.83 bits per heavy atom. The van der Waals surface area contributed by atoms with Gasteiger partial charge in [0.2, 0.25) is 0 Å². The van der Waals surface area contributed by atoms with Gasteiger partial charge in [0.15, 0.2) is 0 Å². The molecule has 1 heterocycles. The Hall–Kier alpha value is -1.10. The van der Waals surface area contributed by atoms with Crippen LogP contribution in [0.3, 0.4) is 0 Å². The van der Waals surface area contributed by atoms with Crippen LogP contribution in [-0.4, -0.2) is 43.8 Å². The van der Waals surface area contributed by atoms with Crippen molar-refractivity contribution in [2.45, 2.75) is 19.6 Å². The summed E-state index contributed by atoms with van der Waals surface area (Å²) < 4.78 is 5.79. The standard InChI is InChI=1S/C14H22N2O2/c1-10-11(14-8-15-6-7-18-14)4-5-13(17)12(10)9-16(2)3/h4-5,14-15,17H,6-9H2,1-3H3. The number of benzene rings is 1. The predicted molar refractivity (Wildman–Crippen MR) is 71.8 cm³/mol. The van der Waals surface area contributed by atoms with Crippen LogP contribution in [0.5, 0.6) is 5.75 Å². The van der Waals surface area contributed by atoms with Gasteiger partial charge in [-0.1, -0.05) is 6.07 Å². The summed E-state index contributed by atoms with van der Waals surface area (Å²) in [7, 11) is 4.01. The maximum absolute atomic E-state index is 9.98. The summed E-state index contributed by atoms with van der Waals surface area (Å²) in [4.78, 5) is 2.06. The minimum atomic E-state index is 0.0975. The summed E-state index contributed by atoms with van der Waals surface area (Å²) in [6.45, 7) is 5.30. The molecule has 1 atom stereocenters. The number of nitrogens with one attached hydrogen (secondary N) is 1. The van der Waals surface area contributed by atoms with Crippen molar-refractivity contribution in [1.29, 1.82) is 0 Å². The van der Waals surface area contributed by atoms with Gasteiger partial charge in [-0.3, -0.25) is 0 Å². The normalized spacial score (nSPS) is 20.3. The Kier molecular flexibility index (Phi) is 4.22. The van der Waals surface area contributed by atoms with E-state index in [2.05, 4.69) is 17.1 Å². The zero-order valence-corrected chi connectivity index (χ0v) is 11.4. The average molecular weight is 250 g/mol. The molecule has 1 saturated heterocycles. The monoisotopic (exact) mass is 250 g/mol. The summed E-state index contributed by atoms with van der Waals surface area (Å²) in [6.07, 6.45) is 0.0975. The summed E-state index contributed by atoms with van der Waals surface area (Å²) in [5, 5.41) is 13.3. The number of nitrogens with zero attached hydrogens (tertiary/aromatic N) is 1. The van der Waals surface area contributed by atoms with Crippen LogP contribution in [0.1, 0.15) is 22.8 Å². The Bertz CT molecular complexity index is 413. The second kappa shape index (κ2) is 5.69. The van der Waals surface area contributed by atoms with Crippen LogP contribution in [0.15, 0.2) is 12.1 Å². The molecule has 0 spiro atoms. The third-order valence-electron chi connectivity index (χ3n) is 3.36. The van der Waals surface area contributed by atoms with E-state index in [4.69, 9.17) is 4.74 Å². The molecule has 0 amide bonds. The maximum atomic E-state index is 9.98. The second-order valence-electron chi connectivity index (χ2n) is 5.08. The molecule has 1 aromatic rings. The molecule has 0 aliphatic carbocycles. The molecule has 1 unspecified atom stereocenters. The molecule has 4 heteroatoms. The van der Waals surface area contributed by atoms with E-state index in [1.165, 1.54) is 5.56 Å². The Labute approximate surface area is 109 Å². The molecule has 0 bridgehead atoms. The van der Waals surface area contributed by atoms with Gasteiger partial charge < -0.3 is 20.1 Å². The first-order valence-corrected chi connectivity index (χ1v) is 6.38. The minimum Gasteiger partial charge on any atom is -0.508 e. The smallest absolute Gasteiger partial charge is 0.120 e. The number of aromatic hydroxyl groups is 1. The number of phenolic OH excluding ortho intramolecular Hbond substituents is 1. The van der Waals surface area contributed by atoms with E-state index in [9.17, 15) is 5.11 Å². The Morgan fingerprint density at radius 2 is 2.22 bits per heavy atom. The third kappa shape index (κ3) is 2.83. The molecule has 2 N–H and O–H groups in total. The molecule has 2 rings (SSSR count). The lowest BCUT2D eigenvalue weighted by atomic mass is 9.96. The zero-order valence-electron chi connectivity index (χ0n) is 11.4. The van der Waals surface area contributed by atoms with Gasteiger partial charge in [-0.2, -0.15) is 0 Å². The van der Waals surface area contributed by atoms with Crippen molar-refractivity contribution in [3.05, 3.63) is 28.8 Å². The van der Waals surface area contributed by atoms with Crippen LogP contribution in [0.25, 0.3) is 0 Å². The summed E-state index contributed by atoms with van der Waals surface area (Å²) in [5.41, 5.74) is 3.31. The maximum Gasteiger partial charge on any atom is 0.120 e. The van der Waals surface area contributed by atoms with Crippen molar-refractivity contribution in [1.82, 2.24) is 10.2 Å². The fourth-order valence-electron chi connectivity index (χ4n) is 2.39. The number of morpholine rings is 1. The highest BCUT2D eigenvalue weighted by Crippen LogP contribution is 2.30. The molecular formula is C14H22N2O2. The lowest BCUT2D eigenvalue weighted by Crippen LogP contribution is -2.33. The number of ether oxygens (including phenoxy) is 1. The van der Waals surface area contributed by atoms with Crippen LogP contribution in [-0.2, 0) is 11.3 Å². The van der Waals surface area contributed by atoms with Crippen molar-refractivity contribution in [2.75, 3.05) is 33.8 Å². The molecule has 4 nitrogen and oxygen atoms in total. The van der Waals surface area contributed by atoms with Crippen molar-refractivity contribution < 1.29 is 9.84 Å². The van der Waals surface area contributed by atoms with E-state index in [-0.39, 0.29) is 6.10 Å². The topological polar surface area (TPSA) is 44.7 Å². The lowest BCUT2D eigenvalue weighted by molar-refractivity contribution is 0.0272. The van der Waals surface area contributed by atoms with Gasteiger partial charge in [-0.15, -0.1) is 0 Å². The van der Waals surface area contributed by atoms with Gasteiger partial charge in [0.05, 0.1) is 12.7 Å². The first kappa shape index (κ1) is 13.3. The third-order valence-corrected chi connectivity index (χ3v) is 3.36. The zero-order chi connectivity index (χ0) is 13.1. The highest BCUT2D eigenvalue weighted by Gasteiger charge is 2.20. The average Bonchev–Trinajstić information content (AvgIpc) is 2.35. The molecule has 1 aliphatic rings. The quantitative estimate of drug-likeness (QED) is 0.851. The van der Waals surface area contributed by atoms with E-state index in [0.717, 1.165) is 37.4 Å². The van der Waals surface area contributed by atoms with Crippen LogP contribution in [0, 0.1) is 6.92 Å². The van der Waals surface area contributed by atoms with E-state index in [1.54, 1.807) is 6.07 Å². The molecule has 0 saturated carbocycles. The number of hydrogen-bond acceptors (Lipinski definition) is 4. The molecule has 1 fully saturated rings. The highest BCUT2D eigenvalue weighted by molar-refractivity contribution is 5.44. The highest BCUT2D eigenvalue weighted by atomic mass is 16.5. The van der Waals surface area contributed by atoms with Gasteiger partial charge >= 0.3 is 0 Å². The molecular weight excluding hydrogens is 228 g/mol. The van der Waals surface area contributed by atoms with E-state index < -0.39 is 0 Å². The first-order valence-electron chi connectivity index (χ1n) is 6.38. The summed E-state index contributed by atoms with van der Waals surface area (Å²) in [5.74, 6) is 0.369. The number of phenols is 1. The molecule has 1 aromatic carbocycles. The Morgan fingerprint density at radius 1 is 1.44 bits per heavy atom. The van der Waals surface area contributed by atoms with Crippen LogP contribution in [0.2, 0.25) is 0 Å². The molecule has 0 radical (unpaired) electrons. The Balaban J connectivity index is 2.30. The van der Waals surface area contributed by atoms with Gasteiger partial charge in [-0.25, -0.2) is 0 Å². The fraction of sp³-hybridized carbons (Fsp3) is 0.571. The van der Waals surface area contributed by atoms with E-state index in [1.807, 2.05) is 20.2 Å². The molecule has 1 aliphatic heterocycles. The first-order chi connectivity index (χ1) is 8.59. The summed E-state index contributed by atoms with van der Waals surface area (Å²) in [6, 6.07) is 3.75. The summed E-state index contributed by atoms with van der Waals surface area (Å²) >= 11 is 0. The van der Waals surface area contributed by atoms with E-state index in [0.29, 0.717) is 5.75 Å². The van der Waals surface area contributed by atoms with Crippen LogP contribution < -0.4 is 5.32 Å². The van der Waals surface area contributed by atoms with Crippen molar-refractivity contribution >= 4 is 0 Å². The molecule has 18 heavy (non-hydrogen) atoms.